The van der Waals surface area contributed by atoms with E-state index in [0.717, 1.165) is 12.8 Å². The van der Waals surface area contributed by atoms with E-state index in [1.165, 1.54) is 33.9 Å². The van der Waals surface area contributed by atoms with Crippen LogP contribution in [0.2, 0.25) is 0 Å². The monoisotopic (exact) mass is 398 g/mol. The largest absolute Gasteiger partial charge is 0.148 e. The molecule has 0 fully saturated rings. The summed E-state index contributed by atoms with van der Waals surface area (Å²) in [5.74, 6) is 1.02. The number of aryl methyl sites for hydroxylation is 2. The number of thiol groups is 1. The van der Waals surface area contributed by atoms with Crippen molar-refractivity contribution >= 4 is 46.2 Å². The van der Waals surface area contributed by atoms with Gasteiger partial charge < -0.3 is 0 Å². The average molecular weight is 399 g/mol. The molecule has 0 bridgehead atoms. The molecule has 0 radical (unpaired) electrons. The van der Waals surface area contributed by atoms with Crippen LogP contribution in [0.5, 0.6) is 0 Å². The Hall–Kier alpha value is -0.990. The first-order valence-electron chi connectivity index (χ1n) is 10.6. The van der Waals surface area contributed by atoms with E-state index < -0.39 is 0 Å². The number of rotatable bonds is 5. The Morgan fingerprint density at radius 3 is 2.41 bits per heavy atom. The van der Waals surface area contributed by atoms with Crippen molar-refractivity contribution in [1.29, 1.82) is 0 Å². The summed E-state index contributed by atoms with van der Waals surface area (Å²) >= 11 is 6.90. The van der Waals surface area contributed by atoms with E-state index in [1.807, 2.05) is 11.3 Å². The Labute approximate surface area is 174 Å². The fourth-order valence-electron chi connectivity index (χ4n) is 4.84. The van der Waals surface area contributed by atoms with Gasteiger partial charge >= 0.3 is 0 Å². The highest BCUT2D eigenvalue weighted by atomic mass is 32.1. The molecule has 1 heterocycles. The standard InChI is InChI=1S/C25H34S2/c1-7-16(21(26)10-4)23-18(9-3)25-24(20-13-11-12-19(20)23)17(8-2)22(27-25)14-15(5)6/h8,10,14-16,26H,7,9,11-13H2,1-6H3/b17-8+,21-10+,22-14+. The predicted octanol–water partition coefficient (Wildman–Crippen LogP) is 6.52. The van der Waals surface area contributed by atoms with Gasteiger partial charge in [0.2, 0.25) is 0 Å². The smallest absolute Gasteiger partial charge is 0.0393 e. The van der Waals surface area contributed by atoms with Gasteiger partial charge in [-0.05, 0) is 84.2 Å². The molecule has 1 atom stereocenters. The quantitative estimate of drug-likeness (QED) is 0.545. The van der Waals surface area contributed by atoms with Crippen LogP contribution in [0.15, 0.2) is 11.0 Å². The lowest BCUT2D eigenvalue weighted by Crippen LogP contribution is -2.20. The Morgan fingerprint density at radius 1 is 1.15 bits per heavy atom. The molecule has 0 saturated heterocycles. The third-order valence-electron chi connectivity index (χ3n) is 5.95. The molecule has 2 aromatic rings. The molecule has 0 saturated carbocycles. The van der Waals surface area contributed by atoms with Crippen molar-refractivity contribution in [2.45, 2.75) is 79.6 Å². The van der Waals surface area contributed by atoms with Crippen LogP contribution in [0.25, 0.3) is 22.2 Å². The zero-order chi connectivity index (χ0) is 19.7. The van der Waals surface area contributed by atoms with Crippen molar-refractivity contribution in [2.24, 2.45) is 5.92 Å². The van der Waals surface area contributed by atoms with E-state index in [0.29, 0.717) is 11.8 Å². The molecule has 27 heavy (non-hydrogen) atoms. The molecule has 0 nitrogen and oxygen atoms in total. The second-order valence-electron chi connectivity index (χ2n) is 8.01. The zero-order valence-corrected chi connectivity index (χ0v) is 19.5. The van der Waals surface area contributed by atoms with E-state index in [9.17, 15) is 0 Å². The van der Waals surface area contributed by atoms with Gasteiger partial charge in [0.1, 0.15) is 0 Å². The lowest BCUT2D eigenvalue weighted by molar-refractivity contribution is 0.770. The van der Waals surface area contributed by atoms with Gasteiger partial charge in [-0.1, -0.05) is 45.9 Å². The predicted molar refractivity (Wildman–Crippen MR) is 128 cm³/mol. The summed E-state index contributed by atoms with van der Waals surface area (Å²) in [6, 6.07) is 0. The van der Waals surface area contributed by atoms with Crippen molar-refractivity contribution < 1.29 is 0 Å². The Bertz CT molecular complexity index is 986. The fourth-order valence-corrected chi connectivity index (χ4v) is 6.76. The Balaban J connectivity index is 2.51. The first-order valence-corrected chi connectivity index (χ1v) is 11.9. The third kappa shape index (κ3) is 3.56. The van der Waals surface area contributed by atoms with Gasteiger partial charge in [-0.3, -0.25) is 0 Å². The van der Waals surface area contributed by atoms with Crippen LogP contribution < -0.4 is 9.75 Å². The molecule has 1 aliphatic carbocycles. The van der Waals surface area contributed by atoms with Gasteiger partial charge in [0.25, 0.3) is 0 Å². The number of allylic oxidation sites excluding steroid dienone is 2. The second kappa shape index (κ2) is 8.57. The summed E-state index contributed by atoms with van der Waals surface area (Å²) in [6.45, 7) is 13.6. The van der Waals surface area contributed by atoms with E-state index in [1.54, 1.807) is 32.3 Å². The molecular weight excluding hydrogens is 364 g/mol. The van der Waals surface area contributed by atoms with Crippen molar-refractivity contribution in [1.82, 2.24) is 0 Å². The Kier molecular flexibility index (Phi) is 6.58. The maximum absolute atomic E-state index is 4.88. The van der Waals surface area contributed by atoms with Crippen LogP contribution in [0.4, 0.5) is 0 Å². The molecule has 0 aliphatic heterocycles. The number of benzene rings is 1. The third-order valence-corrected chi connectivity index (χ3v) is 7.75. The molecule has 146 valence electrons. The van der Waals surface area contributed by atoms with E-state index in [-0.39, 0.29) is 0 Å². The maximum atomic E-state index is 4.88. The van der Waals surface area contributed by atoms with Crippen molar-refractivity contribution in [3.05, 3.63) is 43.0 Å². The van der Waals surface area contributed by atoms with Gasteiger partial charge in [-0.15, -0.1) is 24.0 Å². The number of fused-ring (bicyclic) bond motifs is 3. The van der Waals surface area contributed by atoms with Gasteiger partial charge in [-0.25, -0.2) is 0 Å². The van der Waals surface area contributed by atoms with E-state index in [2.05, 4.69) is 59.8 Å². The second-order valence-corrected chi connectivity index (χ2v) is 9.58. The first kappa shape index (κ1) is 20.7. The summed E-state index contributed by atoms with van der Waals surface area (Å²) in [6.07, 6.45) is 13.0. The lowest BCUT2D eigenvalue weighted by Gasteiger charge is -2.24. The van der Waals surface area contributed by atoms with Crippen LogP contribution in [0, 0.1) is 5.92 Å². The topological polar surface area (TPSA) is 0 Å². The van der Waals surface area contributed by atoms with Crippen molar-refractivity contribution in [2.75, 3.05) is 0 Å². The molecule has 0 amide bonds. The SMILES string of the molecule is C/C=c1\c(=C/C(C)C)sc2c(CC)c(C(CC)/C(S)=C\C)c3c(c12)CCC3. The minimum absolute atomic E-state index is 0.443. The molecule has 3 rings (SSSR count). The molecular formula is C25H34S2. The van der Waals surface area contributed by atoms with Gasteiger partial charge in [-0.2, -0.15) is 0 Å². The van der Waals surface area contributed by atoms with Crippen molar-refractivity contribution in [3.63, 3.8) is 0 Å². The molecule has 1 unspecified atom stereocenters. The highest BCUT2D eigenvalue weighted by Gasteiger charge is 2.28. The maximum Gasteiger partial charge on any atom is 0.0393 e. The molecule has 2 heteroatoms. The van der Waals surface area contributed by atoms with Gasteiger partial charge in [0.05, 0.1) is 0 Å². The summed E-state index contributed by atoms with van der Waals surface area (Å²) in [4.78, 5) is 1.23. The summed E-state index contributed by atoms with van der Waals surface area (Å²) in [5.41, 5.74) is 6.49. The highest BCUT2D eigenvalue weighted by molar-refractivity contribution is 7.84. The van der Waals surface area contributed by atoms with Gasteiger partial charge in [0, 0.05) is 20.5 Å². The number of hydrogen-bond donors (Lipinski definition) is 1. The van der Waals surface area contributed by atoms with Crippen LogP contribution in [-0.4, -0.2) is 0 Å². The van der Waals surface area contributed by atoms with Crippen LogP contribution >= 0.6 is 24.0 Å². The Morgan fingerprint density at radius 2 is 1.85 bits per heavy atom. The van der Waals surface area contributed by atoms with E-state index >= 15 is 0 Å². The molecule has 0 spiro atoms. The molecule has 1 aromatic heterocycles. The summed E-state index contributed by atoms with van der Waals surface area (Å²) in [7, 11) is 0. The lowest BCUT2D eigenvalue weighted by atomic mass is 9.83. The van der Waals surface area contributed by atoms with Crippen molar-refractivity contribution in [3.8, 4) is 0 Å². The summed E-state index contributed by atoms with van der Waals surface area (Å²) < 4.78 is 3.01. The molecule has 1 aromatic carbocycles. The highest BCUT2D eigenvalue weighted by Crippen LogP contribution is 2.43. The number of thiophene rings is 1. The molecule has 0 N–H and O–H groups in total. The average Bonchev–Trinajstić information content (AvgIpc) is 3.25. The number of hydrogen-bond acceptors (Lipinski definition) is 2. The fraction of sp³-hybridized carbons (Fsp3) is 0.520. The van der Waals surface area contributed by atoms with Crippen LogP contribution in [0.3, 0.4) is 0 Å². The minimum Gasteiger partial charge on any atom is -0.148 e. The first-order chi connectivity index (χ1) is 13.0. The van der Waals surface area contributed by atoms with E-state index in [4.69, 9.17) is 12.6 Å². The normalized spacial score (nSPS) is 17.4. The zero-order valence-electron chi connectivity index (χ0n) is 17.8. The van der Waals surface area contributed by atoms with Crippen LogP contribution in [-0.2, 0) is 19.3 Å². The molecule has 1 aliphatic rings. The minimum atomic E-state index is 0.443. The summed E-state index contributed by atoms with van der Waals surface area (Å²) in [5, 5.41) is 3.05. The van der Waals surface area contributed by atoms with Gasteiger partial charge in [0.15, 0.2) is 0 Å². The van der Waals surface area contributed by atoms with Crippen LogP contribution in [0.1, 0.15) is 82.6 Å².